The number of aromatic nitrogens is 2. The summed E-state index contributed by atoms with van der Waals surface area (Å²) in [6.45, 7) is 0. The molecule has 1 atom stereocenters. The van der Waals surface area contributed by atoms with Crippen LogP contribution in [0.3, 0.4) is 0 Å². The minimum Gasteiger partial charge on any atom is -0.350 e. The lowest BCUT2D eigenvalue weighted by atomic mass is 10.2. The van der Waals surface area contributed by atoms with Gasteiger partial charge in [-0.3, -0.25) is 4.79 Å². The smallest absolute Gasteiger partial charge is 0.220 e. The second-order valence-electron chi connectivity index (χ2n) is 4.88. The number of benzene rings is 1. The van der Waals surface area contributed by atoms with Gasteiger partial charge in [0.15, 0.2) is 0 Å². The number of nitrogens with zero attached hydrogens (tertiary/aromatic N) is 1. The Morgan fingerprint density at radius 3 is 3.11 bits per heavy atom. The number of carbonyl (C=O) groups is 1. The summed E-state index contributed by atoms with van der Waals surface area (Å²) >= 11 is 0. The van der Waals surface area contributed by atoms with Crippen molar-refractivity contribution in [1.82, 2.24) is 15.3 Å². The summed E-state index contributed by atoms with van der Waals surface area (Å²) in [5.74, 6) is 0.968. The van der Waals surface area contributed by atoms with E-state index in [9.17, 15) is 4.79 Å². The molecule has 19 heavy (non-hydrogen) atoms. The molecule has 3 rings (SSSR count). The van der Waals surface area contributed by atoms with Gasteiger partial charge in [-0.25, -0.2) is 4.98 Å². The van der Waals surface area contributed by atoms with Crippen molar-refractivity contribution < 1.29 is 4.79 Å². The fourth-order valence-electron chi connectivity index (χ4n) is 2.39. The molecule has 0 fully saturated rings. The molecule has 4 heteroatoms. The van der Waals surface area contributed by atoms with Gasteiger partial charge in [-0.15, -0.1) is 0 Å². The summed E-state index contributed by atoms with van der Waals surface area (Å²) in [7, 11) is 0. The van der Waals surface area contributed by atoms with Gasteiger partial charge in [-0.2, -0.15) is 0 Å². The van der Waals surface area contributed by atoms with Gasteiger partial charge in [-0.05, 0) is 25.0 Å². The third-order valence-corrected chi connectivity index (χ3v) is 3.39. The molecule has 4 nitrogen and oxygen atoms in total. The first-order chi connectivity index (χ1) is 9.31. The molecule has 1 unspecified atom stereocenters. The molecule has 2 aromatic rings. The number of hydrogen-bond acceptors (Lipinski definition) is 2. The van der Waals surface area contributed by atoms with Crippen LogP contribution in [0.4, 0.5) is 0 Å². The fourth-order valence-corrected chi connectivity index (χ4v) is 2.39. The van der Waals surface area contributed by atoms with Crippen molar-refractivity contribution in [3.8, 4) is 0 Å². The lowest BCUT2D eigenvalue weighted by molar-refractivity contribution is -0.121. The normalized spacial score (nSPS) is 18.0. The van der Waals surface area contributed by atoms with E-state index < -0.39 is 0 Å². The lowest BCUT2D eigenvalue weighted by Gasteiger charge is -2.09. The van der Waals surface area contributed by atoms with Gasteiger partial charge in [0.2, 0.25) is 5.91 Å². The lowest BCUT2D eigenvalue weighted by Crippen LogP contribution is -2.32. The largest absolute Gasteiger partial charge is 0.350 e. The molecule has 1 amide bonds. The summed E-state index contributed by atoms with van der Waals surface area (Å²) < 4.78 is 0. The van der Waals surface area contributed by atoms with Crippen LogP contribution in [-0.2, 0) is 11.2 Å². The Morgan fingerprint density at radius 1 is 1.42 bits per heavy atom. The molecule has 1 aromatic heterocycles. The molecular formula is C15H17N3O. The Bertz CT molecular complexity index is 582. The molecule has 0 saturated heterocycles. The molecule has 0 spiro atoms. The minimum atomic E-state index is 0.0945. The number of aromatic amines is 1. The molecule has 1 heterocycles. The third-order valence-electron chi connectivity index (χ3n) is 3.39. The van der Waals surface area contributed by atoms with E-state index in [1.54, 1.807) is 0 Å². The quantitative estimate of drug-likeness (QED) is 0.824. The van der Waals surface area contributed by atoms with Crippen molar-refractivity contribution in [2.75, 3.05) is 0 Å². The average Bonchev–Trinajstić information content (AvgIpc) is 3.04. The van der Waals surface area contributed by atoms with Gasteiger partial charge in [0, 0.05) is 18.9 Å². The van der Waals surface area contributed by atoms with Crippen LogP contribution in [0.2, 0.25) is 0 Å². The number of imidazole rings is 1. The SMILES string of the molecule is O=C(CCc1nc2ccccc2[nH]1)NC1C=CCC1. The van der Waals surface area contributed by atoms with Gasteiger partial charge in [-0.1, -0.05) is 24.3 Å². The highest BCUT2D eigenvalue weighted by Gasteiger charge is 2.12. The van der Waals surface area contributed by atoms with E-state index in [2.05, 4.69) is 27.4 Å². The molecular weight excluding hydrogens is 238 g/mol. The van der Waals surface area contributed by atoms with Crippen LogP contribution in [0.25, 0.3) is 11.0 Å². The van der Waals surface area contributed by atoms with Crippen molar-refractivity contribution in [1.29, 1.82) is 0 Å². The van der Waals surface area contributed by atoms with Crippen LogP contribution in [0.5, 0.6) is 0 Å². The van der Waals surface area contributed by atoms with E-state index in [-0.39, 0.29) is 11.9 Å². The molecule has 2 N–H and O–H groups in total. The second kappa shape index (κ2) is 5.26. The van der Waals surface area contributed by atoms with E-state index in [1.807, 2.05) is 24.3 Å². The average molecular weight is 255 g/mol. The molecule has 0 radical (unpaired) electrons. The number of hydrogen-bond donors (Lipinski definition) is 2. The predicted octanol–water partition coefficient (Wildman–Crippen LogP) is 2.33. The van der Waals surface area contributed by atoms with Crippen LogP contribution in [0.1, 0.15) is 25.1 Å². The highest BCUT2D eigenvalue weighted by atomic mass is 16.1. The molecule has 0 bridgehead atoms. The summed E-state index contributed by atoms with van der Waals surface area (Å²) in [4.78, 5) is 19.5. The van der Waals surface area contributed by atoms with Gasteiger partial charge in [0.05, 0.1) is 11.0 Å². The molecule has 1 aliphatic carbocycles. The molecule has 1 aromatic carbocycles. The standard InChI is InChI=1S/C15H17N3O/c19-15(16-11-5-1-2-6-11)10-9-14-17-12-7-3-4-8-13(12)18-14/h1,3-5,7-8,11H,2,6,9-10H2,(H,16,19)(H,17,18). The van der Waals surface area contributed by atoms with Crippen molar-refractivity contribution in [2.45, 2.75) is 31.7 Å². The molecule has 98 valence electrons. The minimum absolute atomic E-state index is 0.0945. The zero-order valence-corrected chi connectivity index (χ0v) is 10.7. The van der Waals surface area contributed by atoms with Crippen molar-refractivity contribution >= 4 is 16.9 Å². The van der Waals surface area contributed by atoms with Crippen LogP contribution >= 0.6 is 0 Å². The Balaban J connectivity index is 1.56. The number of rotatable bonds is 4. The zero-order valence-electron chi connectivity index (χ0n) is 10.7. The summed E-state index contributed by atoms with van der Waals surface area (Å²) in [6.07, 6.45) is 7.40. The highest BCUT2D eigenvalue weighted by molar-refractivity contribution is 5.77. The van der Waals surface area contributed by atoms with Crippen molar-refractivity contribution in [2.24, 2.45) is 0 Å². The van der Waals surface area contributed by atoms with Crippen molar-refractivity contribution in [3.63, 3.8) is 0 Å². The number of allylic oxidation sites excluding steroid dienone is 1. The number of H-pyrrole nitrogens is 1. The summed E-state index contributed by atoms with van der Waals surface area (Å²) in [6, 6.07) is 8.13. The predicted molar refractivity (Wildman–Crippen MR) is 74.7 cm³/mol. The highest BCUT2D eigenvalue weighted by Crippen LogP contribution is 2.12. The number of nitrogens with one attached hydrogen (secondary N) is 2. The summed E-state index contributed by atoms with van der Waals surface area (Å²) in [5.41, 5.74) is 1.98. The monoisotopic (exact) mass is 255 g/mol. The number of amides is 1. The Labute approximate surface area is 111 Å². The number of fused-ring (bicyclic) bond motifs is 1. The van der Waals surface area contributed by atoms with Gasteiger partial charge < -0.3 is 10.3 Å². The first kappa shape index (κ1) is 12.0. The third kappa shape index (κ3) is 2.84. The van der Waals surface area contributed by atoms with E-state index in [0.29, 0.717) is 12.8 Å². The number of aryl methyl sites for hydroxylation is 1. The number of para-hydroxylation sites is 2. The summed E-state index contributed by atoms with van der Waals surface area (Å²) in [5, 5.41) is 3.02. The Kier molecular flexibility index (Phi) is 3.31. The topological polar surface area (TPSA) is 57.8 Å². The fraction of sp³-hybridized carbons (Fsp3) is 0.333. The maximum absolute atomic E-state index is 11.8. The Hall–Kier alpha value is -2.10. The van der Waals surface area contributed by atoms with Crippen LogP contribution < -0.4 is 5.32 Å². The van der Waals surface area contributed by atoms with Gasteiger partial charge in [0.1, 0.15) is 5.82 Å². The van der Waals surface area contributed by atoms with Gasteiger partial charge >= 0.3 is 0 Å². The van der Waals surface area contributed by atoms with Crippen molar-refractivity contribution in [3.05, 3.63) is 42.2 Å². The molecule has 1 aliphatic rings. The van der Waals surface area contributed by atoms with E-state index in [1.165, 1.54) is 0 Å². The van der Waals surface area contributed by atoms with Crippen LogP contribution in [0.15, 0.2) is 36.4 Å². The zero-order chi connectivity index (χ0) is 13.1. The van der Waals surface area contributed by atoms with E-state index >= 15 is 0 Å². The maximum atomic E-state index is 11.8. The molecule has 0 saturated carbocycles. The Morgan fingerprint density at radius 2 is 2.32 bits per heavy atom. The van der Waals surface area contributed by atoms with Gasteiger partial charge in [0.25, 0.3) is 0 Å². The van der Waals surface area contributed by atoms with Crippen LogP contribution in [-0.4, -0.2) is 21.9 Å². The van der Waals surface area contributed by atoms with Crippen LogP contribution in [0, 0.1) is 0 Å². The first-order valence-corrected chi connectivity index (χ1v) is 6.71. The van der Waals surface area contributed by atoms with E-state index in [4.69, 9.17) is 0 Å². The molecule has 0 aliphatic heterocycles. The second-order valence-corrected chi connectivity index (χ2v) is 4.88. The number of carbonyl (C=O) groups excluding carboxylic acids is 1. The maximum Gasteiger partial charge on any atom is 0.220 e. The first-order valence-electron chi connectivity index (χ1n) is 6.71. The van der Waals surface area contributed by atoms with E-state index in [0.717, 1.165) is 29.7 Å².